The third-order valence-electron chi connectivity index (χ3n) is 2.82. The molecule has 0 aliphatic rings. The van der Waals surface area contributed by atoms with Crippen molar-refractivity contribution in [3.8, 4) is 0 Å². The molecule has 0 unspecified atom stereocenters. The predicted molar refractivity (Wildman–Crippen MR) is 87.0 cm³/mol. The minimum absolute atomic E-state index is 0.0953. The standard InChI is InChI=1S/C12H7Cl2N3O6S/c13-7-1-3-9(14)12(5-7)24(22,23)15-10-4-2-8(16(18)19)6-11(10)17(20)21/h1-6,15H. The molecular formula is C12H7Cl2N3O6S. The SMILES string of the molecule is O=[N+]([O-])c1ccc(NS(=O)(=O)c2cc(Cl)ccc2Cl)c([N+](=O)[O-])c1. The summed E-state index contributed by atoms with van der Waals surface area (Å²) in [6.45, 7) is 0. The Hall–Kier alpha value is -2.43. The van der Waals surface area contributed by atoms with Crippen molar-refractivity contribution in [3.05, 3.63) is 66.7 Å². The monoisotopic (exact) mass is 391 g/mol. The summed E-state index contributed by atoms with van der Waals surface area (Å²) in [5, 5.41) is 21.7. The molecule has 0 aliphatic carbocycles. The van der Waals surface area contributed by atoms with Crippen LogP contribution in [-0.2, 0) is 10.0 Å². The average Bonchev–Trinajstić information content (AvgIpc) is 2.49. The third kappa shape index (κ3) is 3.72. The number of nitro benzene ring substituents is 2. The smallest absolute Gasteiger partial charge is 0.273 e. The molecule has 0 heterocycles. The van der Waals surface area contributed by atoms with Gasteiger partial charge >= 0.3 is 0 Å². The van der Waals surface area contributed by atoms with Gasteiger partial charge in [0.1, 0.15) is 10.6 Å². The number of nitrogens with zero attached hydrogens (tertiary/aromatic N) is 2. The van der Waals surface area contributed by atoms with E-state index >= 15 is 0 Å². The van der Waals surface area contributed by atoms with Crippen molar-refractivity contribution in [1.29, 1.82) is 0 Å². The van der Waals surface area contributed by atoms with Gasteiger partial charge in [0.15, 0.2) is 0 Å². The molecule has 0 aromatic heterocycles. The number of benzene rings is 2. The second-order valence-electron chi connectivity index (χ2n) is 4.40. The average molecular weight is 392 g/mol. The van der Waals surface area contributed by atoms with E-state index in [2.05, 4.69) is 0 Å². The Kier molecular flexibility index (Phi) is 4.92. The first-order chi connectivity index (χ1) is 11.1. The second-order valence-corrected chi connectivity index (χ2v) is 6.89. The molecule has 0 bridgehead atoms. The van der Waals surface area contributed by atoms with Gasteiger partial charge in [-0.1, -0.05) is 23.2 Å². The molecule has 0 fully saturated rings. The summed E-state index contributed by atoms with van der Waals surface area (Å²) in [5.74, 6) is 0. The second kappa shape index (κ2) is 6.59. The number of nitrogens with one attached hydrogen (secondary N) is 1. The van der Waals surface area contributed by atoms with Crippen molar-refractivity contribution in [2.24, 2.45) is 0 Å². The number of anilines is 1. The van der Waals surface area contributed by atoms with Gasteiger partial charge in [-0.25, -0.2) is 8.42 Å². The summed E-state index contributed by atoms with van der Waals surface area (Å²) < 4.78 is 26.7. The summed E-state index contributed by atoms with van der Waals surface area (Å²) >= 11 is 11.5. The Labute approximate surface area is 145 Å². The van der Waals surface area contributed by atoms with E-state index in [0.717, 1.165) is 18.2 Å². The van der Waals surface area contributed by atoms with E-state index < -0.39 is 36.9 Å². The number of non-ortho nitro benzene ring substituents is 1. The molecule has 1 N–H and O–H groups in total. The minimum Gasteiger partial charge on any atom is -0.273 e. The lowest BCUT2D eigenvalue weighted by Gasteiger charge is -2.10. The fraction of sp³-hybridized carbons (Fsp3) is 0. The van der Waals surface area contributed by atoms with Crippen LogP contribution in [-0.4, -0.2) is 18.3 Å². The molecule has 0 radical (unpaired) electrons. The molecule has 24 heavy (non-hydrogen) atoms. The van der Waals surface area contributed by atoms with Gasteiger partial charge in [-0.3, -0.25) is 25.0 Å². The zero-order valence-corrected chi connectivity index (χ0v) is 13.8. The van der Waals surface area contributed by atoms with Crippen molar-refractivity contribution in [2.45, 2.75) is 4.90 Å². The largest absolute Gasteiger partial charge is 0.300 e. The maximum absolute atomic E-state index is 12.4. The van der Waals surface area contributed by atoms with Crippen LogP contribution in [0.3, 0.4) is 0 Å². The number of hydrogen-bond donors (Lipinski definition) is 1. The maximum Gasteiger partial charge on any atom is 0.300 e. The molecular weight excluding hydrogens is 385 g/mol. The lowest BCUT2D eigenvalue weighted by Crippen LogP contribution is -2.14. The Morgan fingerprint density at radius 1 is 0.958 bits per heavy atom. The van der Waals surface area contributed by atoms with Gasteiger partial charge in [0.25, 0.3) is 21.4 Å². The van der Waals surface area contributed by atoms with Gasteiger partial charge in [0, 0.05) is 11.1 Å². The fourth-order valence-corrected chi connectivity index (χ4v) is 3.59. The predicted octanol–water partition coefficient (Wildman–Crippen LogP) is 3.61. The summed E-state index contributed by atoms with van der Waals surface area (Å²) in [7, 11) is -4.30. The van der Waals surface area contributed by atoms with Crippen molar-refractivity contribution >= 4 is 50.3 Å². The van der Waals surface area contributed by atoms with Crippen molar-refractivity contribution in [1.82, 2.24) is 0 Å². The van der Waals surface area contributed by atoms with E-state index in [1.54, 1.807) is 0 Å². The van der Waals surface area contributed by atoms with Gasteiger partial charge in [0.05, 0.1) is 20.9 Å². The molecule has 0 aliphatic heterocycles. The molecule has 0 atom stereocenters. The topological polar surface area (TPSA) is 132 Å². The summed E-state index contributed by atoms with van der Waals surface area (Å²) in [5.41, 5.74) is -1.77. The summed E-state index contributed by atoms with van der Waals surface area (Å²) in [4.78, 5) is 19.6. The highest BCUT2D eigenvalue weighted by atomic mass is 35.5. The first-order valence-electron chi connectivity index (χ1n) is 6.02. The molecule has 2 rings (SSSR count). The number of sulfonamides is 1. The van der Waals surface area contributed by atoms with Crippen LogP contribution < -0.4 is 4.72 Å². The van der Waals surface area contributed by atoms with E-state index in [1.807, 2.05) is 4.72 Å². The Bertz CT molecular complexity index is 948. The Balaban J connectivity index is 2.52. The highest BCUT2D eigenvalue weighted by Crippen LogP contribution is 2.32. The van der Waals surface area contributed by atoms with Gasteiger partial charge in [-0.2, -0.15) is 0 Å². The van der Waals surface area contributed by atoms with Crippen LogP contribution in [0.5, 0.6) is 0 Å². The van der Waals surface area contributed by atoms with Gasteiger partial charge in [0.2, 0.25) is 0 Å². The molecule has 0 saturated carbocycles. The molecule has 0 amide bonds. The van der Waals surface area contributed by atoms with E-state index in [4.69, 9.17) is 23.2 Å². The van der Waals surface area contributed by atoms with Crippen LogP contribution in [0.4, 0.5) is 17.1 Å². The van der Waals surface area contributed by atoms with Crippen LogP contribution in [0.2, 0.25) is 10.0 Å². The highest BCUT2D eigenvalue weighted by molar-refractivity contribution is 7.92. The van der Waals surface area contributed by atoms with Gasteiger partial charge in [-0.05, 0) is 24.3 Å². The summed E-state index contributed by atoms with van der Waals surface area (Å²) in [6, 6.07) is 6.21. The molecule has 2 aromatic carbocycles. The molecule has 9 nitrogen and oxygen atoms in total. The maximum atomic E-state index is 12.4. The Morgan fingerprint density at radius 3 is 2.21 bits per heavy atom. The van der Waals surface area contributed by atoms with E-state index in [1.165, 1.54) is 12.1 Å². The molecule has 2 aromatic rings. The number of halogens is 2. The normalized spacial score (nSPS) is 11.1. The highest BCUT2D eigenvalue weighted by Gasteiger charge is 2.25. The van der Waals surface area contributed by atoms with E-state index in [0.29, 0.717) is 6.07 Å². The molecule has 12 heteroatoms. The molecule has 0 saturated heterocycles. The fourth-order valence-electron chi connectivity index (χ4n) is 1.75. The summed E-state index contributed by atoms with van der Waals surface area (Å²) in [6.07, 6.45) is 0. The van der Waals surface area contributed by atoms with Gasteiger partial charge in [-0.15, -0.1) is 0 Å². The van der Waals surface area contributed by atoms with E-state index in [9.17, 15) is 28.6 Å². The molecule has 0 spiro atoms. The Morgan fingerprint density at radius 2 is 1.62 bits per heavy atom. The first kappa shape index (κ1) is 17.9. The third-order valence-corrected chi connectivity index (χ3v) is 4.90. The van der Waals surface area contributed by atoms with Crippen LogP contribution in [0.1, 0.15) is 0 Å². The van der Waals surface area contributed by atoms with E-state index in [-0.39, 0.29) is 14.9 Å². The lowest BCUT2D eigenvalue weighted by molar-refractivity contribution is -0.393. The lowest BCUT2D eigenvalue weighted by atomic mass is 10.2. The zero-order chi connectivity index (χ0) is 18.1. The zero-order valence-electron chi connectivity index (χ0n) is 11.5. The van der Waals surface area contributed by atoms with Crippen molar-refractivity contribution in [3.63, 3.8) is 0 Å². The number of rotatable bonds is 5. The number of hydrogen-bond acceptors (Lipinski definition) is 6. The molecule has 126 valence electrons. The van der Waals surface area contributed by atoms with Crippen molar-refractivity contribution < 1.29 is 18.3 Å². The quantitative estimate of drug-likeness (QED) is 0.611. The van der Waals surface area contributed by atoms with Gasteiger partial charge < -0.3 is 0 Å². The minimum atomic E-state index is -4.30. The van der Waals surface area contributed by atoms with Crippen molar-refractivity contribution in [2.75, 3.05) is 4.72 Å². The van der Waals surface area contributed by atoms with Crippen LogP contribution in [0, 0.1) is 20.2 Å². The van der Waals surface area contributed by atoms with Crippen LogP contribution in [0.15, 0.2) is 41.3 Å². The first-order valence-corrected chi connectivity index (χ1v) is 8.26. The number of nitro groups is 2. The van der Waals surface area contributed by atoms with Crippen LogP contribution >= 0.6 is 23.2 Å². The van der Waals surface area contributed by atoms with Crippen LogP contribution in [0.25, 0.3) is 0 Å².